The Morgan fingerprint density at radius 3 is 2.88 bits per heavy atom. The predicted octanol–water partition coefficient (Wildman–Crippen LogP) is 0.630. The number of hydrogen-bond donors (Lipinski definition) is 2. The second-order valence-electron chi connectivity index (χ2n) is 3.97. The lowest BCUT2D eigenvalue weighted by atomic mass is 10.2. The fraction of sp³-hybridized carbons (Fsp3) is 0.400. The van der Waals surface area contributed by atoms with Crippen molar-refractivity contribution in [2.75, 3.05) is 17.4 Å². The van der Waals surface area contributed by atoms with Crippen LogP contribution in [0.4, 0.5) is 5.69 Å². The topological polar surface area (TPSA) is 75.4 Å². The lowest BCUT2D eigenvalue weighted by Gasteiger charge is -2.18. The molecule has 1 aliphatic heterocycles. The van der Waals surface area contributed by atoms with E-state index < -0.39 is 10.2 Å². The van der Waals surface area contributed by atoms with Crippen molar-refractivity contribution in [3.05, 3.63) is 28.8 Å². The van der Waals surface area contributed by atoms with Crippen molar-refractivity contribution >= 4 is 27.5 Å². The summed E-state index contributed by atoms with van der Waals surface area (Å²) in [6.07, 6.45) is 0. The molecular formula is C10H14ClN3O2S. The van der Waals surface area contributed by atoms with E-state index >= 15 is 0 Å². The number of rotatable bonds is 2. The highest BCUT2D eigenvalue weighted by Gasteiger charge is 2.35. The van der Waals surface area contributed by atoms with Crippen molar-refractivity contribution < 1.29 is 8.42 Å². The molecule has 1 atom stereocenters. The Kier molecular flexibility index (Phi) is 3.31. The van der Waals surface area contributed by atoms with Crippen LogP contribution in [0.15, 0.2) is 18.2 Å². The third kappa shape index (κ3) is 2.26. The smallest absolute Gasteiger partial charge is 0.301 e. The van der Waals surface area contributed by atoms with Crippen LogP contribution < -0.4 is 14.8 Å². The van der Waals surface area contributed by atoms with Crippen molar-refractivity contribution in [3.8, 4) is 0 Å². The molecule has 1 aromatic rings. The van der Waals surface area contributed by atoms with Gasteiger partial charge in [0.2, 0.25) is 0 Å². The number of anilines is 1. The van der Waals surface area contributed by atoms with Gasteiger partial charge in [-0.25, -0.2) is 0 Å². The molecular weight excluding hydrogens is 262 g/mol. The first kappa shape index (κ1) is 12.6. The number of hydrogen-bond acceptors (Lipinski definition) is 3. The summed E-state index contributed by atoms with van der Waals surface area (Å²) < 4.78 is 27.6. The van der Waals surface area contributed by atoms with Gasteiger partial charge in [0.25, 0.3) is 0 Å². The van der Waals surface area contributed by atoms with Crippen molar-refractivity contribution in [2.45, 2.75) is 13.0 Å². The number of halogens is 1. The zero-order chi connectivity index (χ0) is 12.6. The third-order valence-electron chi connectivity index (χ3n) is 2.78. The van der Waals surface area contributed by atoms with Gasteiger partial charge in [-0.2, -0.15) is 13.1 Å². The molecule has 17 heavy (non-hydrogen) atoms. The summed E-state index contributed by atoms with van der Waals surface area (Å²) >= 11 is 5.99. The highest BCUT2D eigenvalue weighted by molar-refractivity contribution is 7.91. The summed E-state index contributed by atoms with van der Waals surface area (Å²) in [5.74, 6) is 0. The average Bonchev–Trinajstić information content (AvgIpc) is 2.58. The van der Waals surface area contributed by atoms with Gasteiger partial charge in [-0.1, -0.05) is 17.7 Å². The van der Waals surface area contributed by atoms with E-state index in [1.54, 1.807) is 25.1 Å². The van der Waals surface area contributed by atoms with E-state index in [2.05, 4.69) is 4.72 Å². The molecule has 1 aliphatic rings. The van der Waals surface area contributed by atoms with Gasteiger partial charge in [0, 0.05) is 11.6 Å². The minimum absolute atomic E-state index is 0.251. The van der Waals surface area contributed by atoms with Gasteiger partial charge in [-0.05, 0) is 24.6 Å². The van der Waals surface area contributed by atoms with Crippen LogP contribution in [-0.4, -0.2) is 27.5 Å². The zero-order valence-electron chi connectivity index (χ0n) is 9.35. The molecule has 0 saturated carbocycles. The summed E-state index contributed by atoms with van der Waals surface area (Å²) in [7, 11) is -3.50. The highest BCUT2D eigenvalue weighted by atomic mass is 35.5. The van der Waals surface area contributed by atoms with Gasteiger partial charge in [0.05, 0.1) is 18.3 Å². The fourth-order valence-corrected chi connectivity index (χ4v) is 3.55. The maximum Gasteiger partial charge on any atom is 0.301 e. The fourth-order valence-electron chi connectivity index (χ4n) is 1.83. The second kappa shape index (κ2) is 4.45. The molecule has 0 aliphatic carbocycles. The largest absolute Gasteiger partial charge is 0.329 e. The Bertz CT molecular complexity index is 532. The van der Waals surface area contributed by atoms with Gasteiger partial charge >= 0.3 is 10.2 Å². The Hall–Kier alpha value is -0.820. The normalized spacial score (nSPS) is 23.0. The van der Waals surface area contributed by atoms with Gasteiger partial charge < -0.3 is 5.73 Å². The van der Waals surface area contributed by atoms with Crippen LogP contribution in [0.1, 0.15) is 5.56 Å². The molecule has 1 saturated heterocycles. The first-order valence-electron chi connectivity index (χ1n) is 5.21. The zero-order valence-corrected chi connectivity index (χ0v) is 10.9. The molecule has 0 spiro atoms. The summed E-state index contributed by atoms with van der Waals surface area (Å²) in [4.78, 5) is 0. The Morgan fingerprint density at radius 1 is 1.59 bits per heavy atom. The molecule has 0 radical (unpaired) electrons. The SMILES string of the molecule is Cc1c(Cl)cccc1N1CC(CN)NS1(=O)=O. The molecule has 94 valence electrons. The maximum atomic E-state index is 11.9. The first-order valence-corrected chi connectivity index (χ1v) is 7.02. The molecule has 1 heterocycles. The lowest BCUT2D eigenvalue weighted by Crippen LogP contribution is -2.34. The average molecular weight is 276 g/mol. The van der Waals surface area contributed by atoms with Gasteiger partial charge in [0.1, 0.15) is 0 Å². The van der Waals surface area contributed by atoms with Crippen molar-refractivity contribution in [2.24, 2.45) is 5.73 Å². The highest BCUT2D eigenvalue weighted by Crippen LogP contribution is 2.29. The second-order valence-corrected chi connectivity index (χ2v) is 6.00. The van der Waals surface area contributed by atoms with E-state index in [0.29, 0.717) is 17.3 Å². The van der Waals surface area contributed by atoms with Gasteiger partial charge in [-0.3, -0.25) is 4.31 Å². The summed E-state index contributed by atoms with van der Waals surface area (Å²) in [5, 5.41) is 0.550. The molecule has 7 heteroatoms. The van der Waals surface area contributed by atoms with Crippen LogP contribution in [0, 0.1) is 6.92 Å². The van der Waals surface area contributed by atoms with E-state index in [1.807, 2.05) is 0 Å². The van der Waals surface area contributed by atoms with Crippen molar-refractivity contribution in [1.82, 2.24) is 4.72 Å². The monoisotopic (exact) mass is 275 g/mol. The molecule has 2 rings (SSSR count). The van der Waals surface area contributed by atoms with E-state index in [4.69, 9.17) is 17.3 Å². The van der Waals surface area contributed by atoms with Crippen LogP contribution in [0.25, 0.3) is 0 Å². The van der Waals surface area contributed by atoms with Crippen LogP contribution in [0.5, 0.6) is 0 Å². The maximum absolute atomic E-state index is 11.9. The van der Waals surface area contributed by atoms with Crippen LogP contribution in [-0.2, 0) is 10.2 Å². The molecule has 0 bridgehead atoms. The number of nitrogens with one attached hydrogen (secondary N) is 1. The number of nitrogens with two attached hydrogens (primary N) is 1. The van der Waals surface area contributed by atoms with E-state index in [9.17, 15) is 8.42 Å². The third-order valence-corrected chi connectivity index (χ3v) is 4.75. The molecule has 3 N–H and O–H groups in total. The Labute approximate surface area is 106 Å². The van der Waals surface area contributed by atoms with Crippen LogP contribution >= 0.6 is 11.6 Å². The number of nitrogens with zero attached hydrogens (tertiary/aromatic N) is 1. The van der Waals surface area contributed by atoms with Crippen LogP contribution in [0.3, 0.4) is 0 Å². The summed E-state index contributed by atoms with van der Waals surface area (Å²) in [6, 6.07) is 4.95. The quantitative estimate of drug-likeness (QED) is 0.831. The lowest BCUT2D eigenvalue weighted by molar-refractivity contribution is 0.583. The molecule has 1 aromatic carbocycles. The van der Waals surface area contributed by atoms with E-state index in [-0.39, 0.29) is 12.6 Å². The predicted molar refractivity (Wildman–Crippen MR) is 68.4 cm³/mol. The van der Waals surface area contributed by atoms with E-state index in [0.717, 1.165) is 5.56 Å². The molecule has 0 aromatic heterocycles. The van der Waals surface area contributed by atoms with Gasteiger partial charge in [-0.15, -0.1) is 0 Å². The molecule has 0 amide bonds. The number of benzene rings is 1. The van der Waals surface area contributed by atoms with Crippen molar-refractivity contribution in [1.29, 1.82) is 0 Å². The van der Waals surface area contributed by atoms with Gasteiger partial charge in [0.15, 0.2) is 0 Å². The molecule has 1 unspecified atom stereocenters. The first-order chi connectivity index (χ1) is 7.95. The minimum atomic E-state index is -3.50. The summed E-state index contributed by atoms with van der Waals surface area (Å²) in [6.45, 7) is 2.40. The van der Waals surface area contributed by atoms with Crippen molar-refractivity contribution in [3.63, 3.8) is 0 Å². The minimum Gasteiger partial charge on any atom is -0.329 e. The van der Waals surface area contributed by atoms with Crippen LogP contribution in [0.2, 0.25) is 5.02 Å². The summed E-state index contributed by atoms with van der Waals surface area (Å²) in [5.41, 5.74) is 6.83. The van der Waals surface area contributed by atoms with E-state index in [1.165, 1.54) is 4.31 Å². The Morgan fingerprint density at radius 2 is 2.29 bits per heavy atom. The molecule has 1 fully saturated rings. The molecule has 5 nitrogen and oxygen atoms in total. The standard InChI is InChI=1S/C10H14ClN3O2S/c1-7-9(11)3-2-4-10(7)14-6-8(5-12)13-17(14,15)16/h2-4,8,13H,5-6,12H2,1H3. The Balaban J connectivity index is 2.44.